The Morgan fingerprint density at radius 1 is 1.50 bits per heavy atom. The van der Waals surface area contributed by atoms with Gasteiger partial charge in [-0.1, -0.05) is 20.3 Å². The molecule has 16 heavy (non-hydrogen) atoms. The maximum atomic E-state index is 11.6. The summed E-state index contributed by atoms with van der Waals surface area (Å²) in [6.07, 6.45) is 5.00. The van der Waals surface area contributed by atoms with Gasteiger partial charge in [-0.3, -0.25) is 4.79 Å². The molecule has 0 aromatic carbocycles. The highest BCUT2D eigenvalue weighted by atomic mass is 16.3. The molecule has 1 atom stereocenters. The smallest absolute Gasteiger partial charge is 0.220 e. The molecule has 1 saturated carbocycles. The highest BCUT2D eigenvalue weighted by molar-refractivity contribution is 5.76. The topological polar surface area (TPSA) is 49.3 Å². The summed E-state index contributed by atoms with van der Waals surface area (Å²) in [6.45, 7) is 6.31. The zero-order chi connectivity index (χ0) is 12.2. The molecule has 0 heterocycles. The van der Waals surface area contributed by atoms with E-state index in [1.54, 1.807) is 6.92 Å². The van der Waals surface area contributed by atoms with Crippen LogP contribution in [0.5, 0.6) is 0 Å². The molecule has 0 bridgehead atoms. The van der Waals surface area contributed by atoms with E-state index in [-0.39, 0.29) is 5.91 Å². The van der Waals surface area contributed by atoms with E-state index in [0.717, 1.165) is 6.42 Å². The van der Waals surface area contributed by atoms with Crippen molar-refractivity contribution in [1.29, 1.82) is 0 Å². The van der Waals surface area contributed by atoms with E-state index < -0.39 is 5.60 Å². The van der Waals surface area contributed by atoms with Crippen LogP contribution in [0.15, 0.2) is 0 Å². The van der Waals surface area contributed by atoms with Crippen LogP contribution in [0.1, 0.15) is 52.9 Å². The zero-order valence-corrected chi connectivity index (χ0v) is 10.8. The van der Waals surface area contributed by atoms with Gasteiger partial charge in [0, 0.05) is 13.0 Å². The van der Waals surface area contributed by atoms with Gasteiger partial charge in [-0.05, 0) is 38.0 Å². The molecule has 0 spiro atoms. The third-order valence-corrected chi connectivity index (χ3v) is 3.21. The van der Waals surface area contributed by atoms with Crippen molar-refractivity contribution in [2.24, 2.45) is 11.8 Å². The van der Waals surface area contributed by atoms with Gasteiger partial charge in [0.25, 0.3) is 0 Å². The first-order chi connectivity index (χ1) is 7.39. The molecular weight excluding hydrogens is 202 g/mol. The number of nitrogens with one attached hydrogen (secondary N) is 1. The summed E-state index contributed by atoms with van der Waals surface area (Å²) in [4.78, 5) is 11.6. The lowest BCUT2D eigenvalue weighted by atomic mass is 9.83. The summed E-state index contributed by atoms with van der Waals surface area (Å²) in [5.74, 6) is 1.13. The molecule has 0 saturated heterocycles. The largest absolute Gasteiger partial charge is 0.388 e. The number of carbonyl (C=O) groups excluding carboxylic acids is 1. The summed E-state index contributed by atoms with van der Waals surface area (Å²) >= 11 is 0. The minimum absolute atomic E-state index is 0.0914. The molecule has 1 fully saturated rings. The molecule has 1 aliphatic carbocycles. The molecular formula is C13H25NO2. The van der Waals surface area contributed by atoms with Gasteiger partial charge in [-0.15, -0.1) is 0 Å². The fraction of sp³-hybridized carbons (Fsp3) is 0.923. The Hall–Kier alpha value is -0.570. The first-order valence-electron chi connectivity index (χ1n) is 6.38. The van der Waals surface area contributed by atoms with Gasteiger partial charge < -0.3 is 10.4 Å². The van der Waals surface area contributed by atoms with Crippen LogP contribution in [0.3, 0.4) is 0 Å². The van der Waals surface area contributed by atoms with Crippen molar-refractivity contribution >= 4 is 5.91 Å². The van der Waals surface area contributed by atoms with E-state index in [9.17, 15) is 9.90 Å². The summed E-state index contributed by atoms with van der Waals surface area (Å²) in [5, 5.41) is 12.9. The van der Waals surface area contributed by atoms with Gasteiger partial charge in [0.05, 0.1) is 5.60 Å². The van der Waals surface area contributed by atoms with E-state index in [4.69, 9.17) is 0 Å². The fourth-order valence-corrected chi connectivity index (χ4v) is 2.27. The quantitative estimate of drug-likeness (QED) is 0.730. The predicted octanol–water partition coefficient (Wildman–Crippen LogP) is 2.09. The maximum absolute atomic E-state index is 11.6. The van der Waals surface area contributed by atoms with E-state index in [0.29, 0.717) is 24.8 Å². The molecule has 2 N–H and O–H groups in total. The molecule has 1 unspecified atom stereocenters. The van der Waals surface area contributed by atoms with Gasteiger partial charge in [-0.2, -0.15) is 0 Å². The van der Waals surface area contributed by atoms with Crippen molar-refractivity contribution in [3.8, 4) is 0 Å². The van der Waals surface area contributed by atoms with Crippen LogP contribution in [-0.4, -0.2) is 23.2 Å². The predicted molar refractivity (Wildman–Crippen MR) is 65.0 cm³/mol. The second kappa shape index (κ2) is 5.67. The Morgan fingerprint density at radius 2 is 2.12 bits per heavy atom. The Labute approximate surface area is 98.6 Å². The van der Waals surface area contributed by atoms with E-state index in [1.165, 1.54) is 19.3 Å². The van der Waals surface area contributed by atoms with Crippen molar-refractivity contribution in [2.45, 2.75) is 58.5 Å². The molecule has 1 rings (SSSR count). The van der Waals surface area contributed by atoms with E-state index in [1.807, 2.05) is 0 Å². The van der Waals surface area contributed by atoms with Gasteiger partial charge in [0.1, 0.15) is 0 Å². The van der Waals surface area contributed by atoms with Crippen LogP contribution >= 0.6 is 0 Å². The lowest BCUT2D eigenvalue weighted by Gasteiger charge is -2.27. The SMILES string of the molecule is CC(C)CC(C)(O)CNC(=O)CC1CCC1. The van der Waals surface area contributed by atoms with Crippen molar-refractivity contribution < 1.29 is 9.90 Å². The average Bonchev–Trinajstić information content (AvgIpc) is 2.06. The maximum Gasteiger partial charge on any atom is 0.220 e. The monoisotopic (exact) mass is 227 g/mol. The molecule has 1 aliphatic rings. The lowest BCUT2D eigenvalue weighted by molar-refractivity contribution is -0.123. The molecule has 0 radical (unpaired) electrons. The number of aliphatic hydroxyl groups is 1. The summed E-state index contributed by atoms with van der Waals surface area (Å²) in [5.41, 5.74) is -0.774. The summed E-state index contributed by atoms with van der Waals surface area (Å²) in [6, 6.07) is 0. The minimum atomic E-state index is -0.774. The normalized spacial score (nSPS) is 20.3. The Morgan fingerprint density at radius 3 is 2.56 bits per heavy atom. The van der Waals surface area contributed by atoms with Crippen molar-refractivity contribution in [2.75, 3.05) is 6.54 Å². The second-order valence-corrected chi connectivity index (χ2v) is 5.87. The molecule has 1 amide bonds. The van der Waals surface area contributed by atoms with Crippen LogP contribution in [0.2, 0.25) is 0 Å². The van der Waals surface area contributed by atoms with Crippen LogP contribution in [0.4, 0.5) is 0 Å². The first kappa shape index (κ1) is 13.5. The Kier molecular flexibility index (Phi) is 4.78. The van der Waals surface area contributed by atoms with Crippen LogP contribution in [0.25, 0.3) is 0 Å². The Bertz CT molecular complexity index is 232. The van der Waals surface area contributed by atoms with Crippen molar-refractivity contribution in [3.05, 3.63) is 0 Å². The fourth-order valence-electron chi connectivity index (χ4n) is 2.27. The van der Waals surface area contributed by atoms with E-state index >= 15 is 0 Å². The van der Waals surface area contributed by atoms with Gasteiger partial charge in [0.2, 0.25) is 5.91 Å². The third kappa shape index (κ3) is 4.97. The molecule has 0 aromatic rings. The first-order valence-corrected chi connectivity index (χ1v) is 6.38. The molecule has 3 nitrogen and oxygen atoms in total. The number of hydrogen-bond donors (Lipinski definition) is 2. The van der Waals surface area contributed by atoms with E-state index in [2.05, 4.69) is 19.2 Å². The molecule has 94 valence electrons. The van der Waals surface area contributed by atoms with Crippen molar-refractivity contribution in [1.82, 2.24) is 5.32 Å². The average molecular weight is 227 g/mol. The highest BCUT2D eigenvalue weighted by Crippen LogP contribution is 2.29. The number of amides is 1. The van der Waals surface area contributed by atoms with Crippen LogP contribution in [0, 0.1) is 11.8 Å². The van der Waals surface area contributed by atoms with Crippen LogP contribution < -0.4 is 5.32 Å². The van der Waals surface area contributed by atoms with Crippen molar-refractivity contribution in [3.63, 3.8) is 0 Å². The van der Waals surface area contributed by atoms with Gasteiger partial charge in [0.15, 0.2) is 0 Å². The number of carbonyl (C=O) groups is 1. The standard InChI is InChI=1S/C13H25NO2/c1-10(2)8-13(3,16)9-14-12(15)7-11-5-4-6-11/h10-11,16H,4-9H2,1-3H3,(H,14,15). The lowest BCUT2D eigenvalue weighted by Crippen LogP contribution is -2.42. The van der Waals surface area contributed by atoms with Gasteiger partial charge >= 0.3 is 0 Å². The summed E-state index contributed by atoms with van der Waals surface area (Å²) in [7, 11) is 0. The molecule has 3 heteroatoms. The number of hydrogen-bond acceptors (Lipinski definition) is 2. The minimum Gasteiger partial charge on any atom is -0.388 e. The highest BCUT2D eigenvalue weighted by Gasteiger charge is 2.24. The second-order valence-electron chi connectivity index (χ2n) is 5.87. The number of rotatable bonds is 6. The molecule has 0 aliphatic heterocycles. The third-order valence-electron chi connectivity index (χ3n) is 3.21. The Balaban J connectivity index is 2.18. The van der Waals surface area contributed by atoms with Gasteiger partial charge in [-0.25, -0.2) is 0 Å². The van der Waals surface area contributed by atoms with Crippen LogP contribution in [-0.2, 0) is 4.79 Å². The zero-order valence-electron chi connectivity index (χ0n) is 10.8. The summed E-state index contributed by atoms with van der Waals surface area (Å²) < 4.78 is 0. The molecule has 0 aromatic heterocycles.